The number of aliphatic imine (C=N–C) groups is 1. The summed E-state index contributed by atoms with van der Waals surface area (Å²) in [6, 6.07) is 8.67. The molecule has 1 aromatic rings. The summed E-state index contributed by atoms with van der Waals surface area (Å²) in [5, 5.41) is 7.05. The van der Waals surface area contributed by atoms with Gasteiger partial charge in [-0.1, -0.05) is 24.3 Å². The van der Waals surface area contributed by atoms with Crippen molar-refractivity contribution in [3.8, 4) is 0 Å². The van der Waals surface area contributed by atoms with Crippen molar-refractivity contribution in [2.45, 2.75) is 31.5 Å². The minimum atomic E-state index is 0. The molecule has 2 aliphatic heterocycles. The van der Waals surface area contributed by atoms with E-state index in [0.717, 1.165) is 78.0 Å². The molecular weight excluding hydrogens is 493 g/mol. The third-order valence-corrected chi connectivity index (χ3v) is 6.24. The van der Waals surface area contributed by atoms with Crippen LogP contribution in [0.5, 0.6) is 0 Å². The first-order valence-electron chi connectivity index (χ1n) is 10.7. The number of halogens is 1. The molecule has 1 aromatic carbocycles. The van der Waals surface area contributed by atoms with E-state index in [0.29, 0.717) is 0 Å². The molecule has 0 radical (unpaired) electrons. The third-order valence-electron chi connectivity index (χ3n) is 6.24. The Morgan fingerprint density at radius 3 is 2.30 bits per heavy atom. The summed E-state index contributed by atoms with van der Waals surface area (Å²) in [6.45, 7) is 7.89. The van der Waals surface area contributed by atoms with E-state index in [1.165, 1.54) is 11.1 Å². The van der Waals surface area contributed by atoms with Crippen molar-refractivity contribution in [2.24, 2.45) is 4.99 Å². The fraction of sp³-hybridized carbons (Fsp3) is 0.682. The van der Waals surface area contributed by atoms with Crippen molar-refractivity contribution in [1.29, 1.82) is 0 Å². The van der Waals surface area contributed by atoms with Gasteiger partial charge in [-0.25, -0.2) is 0 Å². The van der Waals surface area contributed by atoms with Crippen LogP contribution in [0.4, 0.5) is 0 Å². The van der Waals surface area contributed by atoms with Gasteiger partial charge < -0.3 is 25.0 Å². The van der Waals surface area contributed by atoms with Crippen molar-refractivity contribution >= 4 is 29.9 Å². The SMILES string of the molecule is CN=C(NCc1ccccc1CN1CCOCC1)NCC1(N(C)C)CCOCC1.I. The smallest absolute Gasteiger partial charge is 0.191 e. The van der Waals surface area contributed by atoms with Crippen LogP contribution in [-0.4, -0.2) is 88.5 Å². The number of likely N-dealkylation sites (N-methyl/N-ethyl adjacent to an activating group) is 1. The molecule has 0 amide bonds. The molecule has 0 aromatic heterocycles. The van der Waals surface area contributed by atoms with Gasteiger partial charge in [0, 0.05) is 58.5 Å². The normalized spacial score (nSPS) is 19.9. The molecule has 0 saturated carbocycles. The zero-order valence-corrected chi connectivity index (χ0v) is 21.0. The Kier molecular flexibility index (Phi) is 10.8. The number of hydrogen-bond donors (Lipinski definition) is 2. The topological polar surface area (TPSA) is 61.4 Å². The number of benzene rings is 1. The predicted octanol–water partition coefficient (Wildman–Crippen LogP) is 1.91. The van der Waals surface area contributed by atoms with E-state index >= 15 is 0 Å². The lowest BCUT2D eigenvalue weighted by atomic mass is 9.88. The summed E-state index contributed by atoms with van der Waals surface area (Å²) in [4.78, 5) is 9.23. The maximum atomic E-state index is 5.58. The van der Waals surface area contributed by atoms with Crippen LogP contribution < -0.4 is 10.6 Å². The van der Waals surface area contributed by atoms with E-state index < -0.39 is 0 Å². The summed E-state index contributed by atoms with van der Waals surface area (Å²) in [5.41, 5.74) is 2.80. The summed E-state index contributed by atoms with van der Waals surface area (Å²) < 4.78 is 11.1. The van der Waals surface area contributed by atoms with Crippen molar-refractivity contribution in [1.82, 2.24) is 20.4 Å². The molecule has 170 valence electrons. The van der Waals surface area contributed by atoms with Gasteiger partial charge in [0.05, 0.1) is 13.2 Å². The Labute approximate surface area is 198 Å². The lowest BCUT2D eigenvalue weighted by molar-refractivity contribution is -0.00501. The van der Waals surface area contributed by atoms with Crippen LogP contribution in [0.3, 0.4) is 0 Å². The van der Waals surface area contributed by atoms with E-state index in [1.54, 1.807) is 0 Å². The quantitative estimate of drug-likeness (QED) is 0.319. The highest BCUT2D eigenvalue weighted by Crippen LogP contribution is 2.25. The number of rotatable bonds is 7. The average Bonchev–Trinajstić information content (AvgIpc) is 2.76. The van der Waals surface area contributed by atoms with Gasteiger partial charge >= 0.3 is 0 Å². The molecule has 7 nitrogen and oxygen atoms in total. The number of ether oxygens (including phenoxy) is 2. The number of morpholine rings is 1. The second-order valence-electron chi connectivity index (χ2n) is 8.17. The molecule has 8 heteroatoms. The minimum Gasteiger partial charge on any atom is -0.381 e. The van der Waals surface area contributed by atoms with Crippen LogP contribution in [0.1, 0.15) is 24.0 Å². The largest absolute Gasteiger partial charge is 0.381 e. The van der Waals surface area contributed by atoms with Crippen LogP contribution in [0, 0.1) is 0 Å². The molecule has 0 unspecified atom stereocenters. The highest BCUT2D eigenvalue weighted by atomic mass is 127. The Hall–Kier alpha value is -0.940. The molecule has 2 saturated heterocycles. The molecule has 0 bridgehead atoms. The van der Waals surface area contributed by atoms with E-state index in [-0.39, 0.29) is 29.5 Å². The second-order valence-corrected chi connectivity index (χ2v) is 8.17. The molecule has 2 N–H and O–H groups in total. The molecule has 0 aliphatic carbocycles. The molecule has 2 fully saturated rings. The lowest BCUT2D eigenvalue weighted by Gasteiger charge is -2.43. The molecular formula is C22H38IN5O2. The first-order chi connectivity index (χ1) is 14.1. The highest BCUT2D eigenvalue weighted by Gasteiger charge is 2.34. The molecule has 3 rings (SSSR count). The highest BCUT2D eigenvalue weighted by molar-refractivity contribution is 14.0. The number of nitrogens with zero attached hydrogens (tertiary/aromatic N) is 3. The third kappa shape index (κ3) is 7.05. The first kappa shape index (κ1) is 25.3. The Morgan fingerprint density at radius 2 is 1.67 bits per heavy atom. The molecule has 2 aliphatic rings. The number of hydrogen-bond acceptors (Lipinski definition) is 5. The standard InChI is InChI=1S/C22H37N5O2.HI/c1-23-21(25-18-22(26(2)3)8-12-28-13-9-22)24-16-19-6-4-5-7-20(19)17-27-10-14-29-15-11-27;/h4-7H,8-18H2,1-3H3,(H2,23,24,25);1H. The van der Waals surface area contributed by atoms with Crippen molar-refractivity contribution in [2.75, 3.05) is 67.2 Å². The average molecular weight is 531 g/mol. The zero-order valence-electron chi connectivity index (χ0n) is 18.7. The fourth-order valence-corrected chi connectivity index (χ4v) is 4.07. The van der Waals surface area contributed by atoms with E-state index in [1.807, 2.05) is 7.05 Å². The monoisotopic (exact) mass is 531 g/mol. The van der Waals surface area contributed by atoms with Gasteiger partial charge in [-0.2, -0.15) is 0 Å². The van der Waals surface area contributed by atoms with Gasteiger partial charge in [0.25, 0.3) is 0 Å². The van der Waals surface area contributed by atoms with E-state index in [4.69, 9.17) is 9.47 Å². The van der Waals surface area contributed by atoms with E-state index in [9.17, 15) is 0 Å². The maximum Gasteiger partial charge on any atom is 0.191 e. The minimum absolute atomic E-state index is 0. The maximum absolute atomic E-state index is 5.58. The van der Waals surface area contributed by atoms with Crippen LogP contribution in [0.15, 0.2) is 29.3 Å². The molecule has 30 heavy (non-hydrogen) atoms. The fourth-order valence-electron chi connectivity index (χ4n) is 4.07. The van der Waals surface area contributed by atoms with Crippen LogP contribution in [0.2, 0.25) is 0 Å². The zero-order chi connectivity index (χ0) is 20.5. The molecule has 0 spiro atoms. The molecule has 2 heterocycles. The van der Waals surface area contributed by atoms with Gasteiger partial charge in [0.2, 0.25) is 0 Å². The summed E-state index contributed by atoms with van der Waals surface area (Å²) in [6.07, 6.45) is 2.07. The summed E-state index contributed by atoms with van der Waals surface area (Å²) >= 11 is 0. The lowest BCUT2D eigenvalue weighted by Crippen LogP contribution is -2.57. The Bertz CT molecular complexity index is 659. The second kappa shape index (κ2) is 12.8. The van der Waals surface area contributed by atoms with Crippen LogP contribution in [-0.2, 0) is 22.6 Å². The van der Waals surface area contributed by atoms with Gasteiger partial charge in [-0.3, -0.25) is 9.89 Å². The first-order valence-corrected chi connectivity index (χ1v) is 10.7. The van der Waals surface area contributed by atoms with Gasteiger partial charge in [0.15, 0.2) is 5.96 Å². The number of guanidine groups is 1. The molecule has 0 atom stereocenters. The summed E-state index contributed by atoms with van der Waals surface area (Å²) in [5.74, 6) is 0.846. The van der Waals surface area contributed by atoms with Crippen molar-refractivity contribution in [3.63, 3.8) is 0 Å². The van der Waals surface area contributed by atoms with Crippen molar-refractivity contribution in [3.05, 3.63) is 35.4 Å². The van der Waals surface area contributed by atoms with Gasteiger partial charge in [-0.05, 0) is 38.1 Å². The Balaban J connectivity index is 0.00000320. The van der Waals surface area contributed by atoms with Crippen LogP contribution in [0.25, 0.3) is 0 Å². The van der Waals surface area contributed by atoms with Gasteiger partial charge in [0.1, 0.15) is 0 Å². The van der Waals surface area contributed by atoms with Gasteiger partial charge in [-0.15, -0.1) is 24.0 Å². The van der Waals surface area contributed by atoms with Crippen LogP contribution >= 0.6 is 24.0 Å². The summed E-state index contributed by atoms with van der Waals surface area (Å²) in [7, 11) is 6.15. The van der Waals surface area contributed by atoms with Crippen molar-refractivity contribution < 1.29 is 9.47 Å². The Morgan fingerprint density at radius 1 is 1.03 bits per heavy atom. The number of nitrogens with one attached hydrogen (secondary N) is 2. The predicted molar refractivity (Wildman–Crippen MR) is 133 cm³/mol. The van der Waals surface area contributed by atoms with E-state index in [2.05, 4.69) is 63.8 Å².